The van der Waals surface area contributed by atoms with Gasteiger partial charge in [0.05, 0.1) is 11.4 Å². The van der Waals surface area contributed by atoms with E-state index in [-0.39, 0.29) is 23.0 Å². The first kappa shape index (κ1) is 21.5. The minimum atomic E-state index is -0.726. The SMILES string of the molecule is O=Nc1cc(NC(Cc2ccccc2)C(=O)Nc2ccccc2Br)c(O)c2ccccc12. The molecule has 0 saturated carbocycles. The number of anilines is 2. The molecule has 160 valence electrons. The third kappa shape index (κ3) is 4.63. The van der Waals surface area contributed by atoms with Crippen molar-refractivity contribution in [2.75, 3.05) is 10.6 Å². The number of hydrogen-bond donors (Lipinski definition) is 3. The number of nitrogens with zero attached hydrogens (tertiary/aromatic N) is 1. The van der Waals surface area contributed by atoms with Crippen LogP contribution in [0.4, 0.5) is 17.1 Å². The molecular formula is C25H20BrN3O3. The van der Waals surface area contributed by atoms with Gasteiger partial charge in [0, 0.05) is 21.7 Å². The van der Waals surface area contributed by atoms with Crippen molar-refractivity contribution in [3.05, 3.63) is 99.9 Å². The molecule has 32 heavy (non-hydrogen) atoms. The van der Waals surface area contributed by atoms with Gasteiger partial charge in [-0.15, -0.1) is 4.91 Å². The molecule has 4 aromatic rings. The average molecular weight is 490 g/mol. The molecule has 4 rings (SSSR count). The standard InChI is InChI=1S/C25H20BrN3O3/c26-19-12-6-7-13-20(19)28-25(31)23(14-16-8-2-1-3-9-16)27-22-15-21(29-32)17-10-4-5-11-18(17)24(22)30/h1-13,15,23,27,30H,14H2,(H,28,31). The summed E-state index contributed by atoms with van der Waals surface area (Å²) >= 11 is 3.44. The van der Waals surface area contributed by atoms with E-state index in [0.717, 1.165) is 10.0 Å². The van der Waals surface area contributed by atoms with Gasteiger partial charge in [-0.25, -0.2) is 0 Å². The number of benzene rings is 4. The number of halogens is 1. The summed E-state index contributed by atoms with van der Waals surface area (Å²) in [7, 11) is 0. The minimum absolute atomic E-state index is 0.0419. The molecule has 0 aliphatic rings. The van der Waals surface area contributed by atoms with Crippen molar-refractivity contribution in [2.45, 2.75) is 12.5 Å². The lowest BCUT2D eigenvalue weighted by Crippen LogP contribution is -2.36. The van der Waals surface area contributed by atoms with Gasteiger partial charge < -0.3 is 15.7 Å². The van der Waals surface area contributed by atoms with E-state index >= 15 is 0 Å². The Morgan fingerprint density at radius 1 is 0.906 bits per heavy atom. The molecule has 1 atom stereocenters. The Balaban J connectivity index is 1.70. The molecule has 0 aromatic heterocycles. The highest BCUT2D eigenvalue weighted by atomic mass is 79.9. The van der Waals surface area contributed by atoms with Crippen LogP contribution in [0.5, 0.6) is 5.75 Å². The largest absolute Gasteiger partial charge is 0.505 e. The monoisotopic (exact) mass is 489 g/mol. The number of aromatic hydroxyl groups is 1. The van der Waals surface area contributed by atoms with Gasteiger partial charge >= 0.3 is 0 Å². The Hall–Kier alpha value is -3.71. The van der Waals surface area contributed by atoms with Crippen molar-refractivity contribution in [1.82, 2.24) is 0 Å². The second kappa shape index (κ2) is 9.62. The van der Waals surface area contributed by atoms with Gasteiger partial charge in [-0.1, -0.05) is 66.7 Å². The van der Waals surface area contributed by atoms with Crippen LogP contribution in [0.15, 0.2) is 94.6 Å². The van der Waals surface area contributed by atoms with E-state index in [1.807, 2.05) is 48.5 Å². The molecule has 0 saturated heterocycles. The topological polar surface area (TPSA) is 90.8 Å². The average Bonchev–Trinajstić information content (AvgIpc) is 2.82. The second-order valence-corrected chi connectivity index (χ2v) is 8.14. The highest BCUT2D eigenvalue weighted by Gasteiger charge is 2.22. The van der Waals surface area contributed by atoms with Crippen molar-refractivity contribution >= 4 is 49.7 Å². The fourth-order valence-corrected chi connectivity index (χ4v) is 3.94. The number of nitrogens with one attached hydrogen (secondary N) is 2. The summed E-state index contributed by atoms with van der Waals surface area (Å²) in [5.74, 6) is -0.325. The number of para-hydroxylation sites is 1. The molecule has 0 aliphatic heterocycles. The molecule has 7 heteroatoms. The summed E-state index contributed by atoms with van der Waals surface area (Å²) in [4.78, 5) is 24.7. The Morgan fingerprint density at radius 2 is 1.56 bits per heavy atom. The predicted octanol–water partition coefficient (Wildman–Crippen LogP) is 6.37. The van der Waals surface area contributed by atoms with E-state index in [4.69, 9.17) is 0 Å². The molecule has 6 nitrogen and oxygen atoms in total. The molecule has 0 spiro atoms. The first-order chi connectivity index (χ1) is 15.6. The van der Waals surface area contributed by atoms with Crippen LogP contribution in [-0.4, -0.2) is 17.1 Å². The van der Waals surface area contributed by atoms with E-state index in [9.17, 15) is 14.8 Å². The highest BCUT2D eigenvalue weighted by molar-refractivity contribution is 9.10. The van der Waals surface area contributed by atoms with Gasteiger partial charge in [0.25, 0.3) is 0 Å². The molecule has 0 aliphatic carbocycles. The maximum atomic E-state index is 13.2. The number of phenols is 1. The number of carbonyl (C=O) groups is 1. The van der Waals surface area contributed by atoms with E-state index in [2.05, 4.69) is 31.7 Å². The normalized spacial score (nSPS) is 11.7. The lowest BCUT2D eigenvalue weighted by Gasteiger charge is -2.21. The number of rotatable bonds is 7. The molecule has 3 N–H and O–H groups in total. The van der Waals surface area contributed by atoms with Crippen LogP contribution in [0.2, 0.25) is 0 Å². The first-order valence-electron chi connectivity index (χ1n) is 10.0. The highest BCUT2D eigenvalue weighted by Crippen LogP contribution is 2.39. The third-order valence-electron chi connectivity index (χ3n) is 5.15. The molecule has 1 amide bonds. The third-order valence-corrected chi connectivity index (χ3v) is 5.84. The number of nitroso groups, excluding NO2 is 1. The Bertz CT molecular complexity index is 1280. The molecular weight excluding hydrogens is 470 g/mol. The summed E-state index contributed by atoms with van der Waals surface area (Å²) in [6, 6.07) is 24.6. The van der Waals surface area contributed by atoms with Crippen molar-refractivity contribution in [3.8, 4) is 5.75 Å². The van der Waals surface area contributed by atoms with Crippen LogP contribution in [0.3, 0.4) is 0 Å². The van der Waals surface area contributed by atoms with Gasteiger partial charge in [-0.3, -0.25) is 4.79 Å². The zero-order valence-electron chi connectivity index (χ0n) is 17.0. The molecule has 0 bridgehead atoms. The zero-order chi connectivity index (χ0) is 22.5. The van der Waals surface area contributed by atoms with Gasteiger partial charge in [-0.05, 0) is 44.9 Å². The van der Waals surface area contributed by atoms with Crippen molar-refractivity contribution < 1.29 is 9.90 Å². The van der Waals surface area contributed by atoms with Crippen LogP contribution in [0.1, 0.15) is 5.56 Å². The van der Waals surface area contributed by atoms with Crippen molar-refractivity contribution in [2.24, 2.45) is 5.18 Å². The summed E-state index contributed by atoms with van der Waals surface area (Å²) in [6.45, 7) is 0. The quantitative estimate of drug-likeness (QED) is 0.208. The van der Waals surface area contributed by atoms with E-state index < -0.39 is 6.04 Å². The van der Waals surface area contributed by atoms with Crippen LogP contribution in [0, 0.1) is 4.91 Å². The minimum Gasteiger partial charge on any atom is -0.505 e. The Morgan fingerprint density at radius 3 is 2.28 bits per heavy atom. The zero-order valence-corrected chi connectivity index (χ0v) is 18.5. The molecule has 0 heterocycles. The predicted molar refractivity (Wildman–Crippen MR) is 131 cm³/mol. The van der Waals surface area contributed by atoms with E-state index in [1.165, 1.54) is 6.07 Å². The summed E-state index contributed by atoms with van der Waals surface area (Å²) in [5, 5.41) is 21.0. The van der Waals surface area contributed by atoms with Crippen molar-refractivity contribution in [3.63, 3.8) is 0 Å². The fraction of sp³-hybridized carbons (Fsp3) is 0.0800. The van der Waals surface area contributed by atoms with Gasteiger partial charge in [0.15, 0.2) is 0 Å². The van der Waals surface area contributed by atoms with Crippen LogP contribution in [0.25, 0.3) is 10.8 Å². The lowest BCUT2D eigenvalue weighted by atomic mass is 10.0. The molecule has 1 unspecified atom stereocenters. The summed E-state index contributed by atoms with van der Waals surface area (Å²) in [5.41, 5.74) is 2.03. The first-order valence-corrected chi connectivity index (χ1v) is 10.8. The van der Waals surface area contributed by atoms with Crippen LogP contribution < -0.4 is 10.6 Å². The van der Waals surface area contributed by atoms with Crippen LogP contribution in [-0.2, 0) is 11.2 Å². The number of carbonyl (C=O) groups excluding carboxylic acids is 1. The van der Waals surface area contributed by atoms with Crippen LogP contribution >= 0.6 is 15.9 Å². The van der Waals surface area contributed by atoms with Gasteiger partial charge in [0.2, 0.25) is 5.91 Å². The number of phenolic OH excluding ortho intramolecular Hbond substituents is 1. The number of hydrogen-bond acceptors (Lipinski definition) is 5. The lowest BCUT2D eigenvalue weighted by molar-refractivity contribution is -0.116. The number of fused-ring (bicyclic) bond motifs is 1. The van der Waals surface area contributed by atoms with Gasteiger partial charge in [-0.2, -0.15) is 0 Å². The second-order valence-electron chi connectivity index (χ2n) is 7.28. The maximum Gasteiger partial charge on any atom is 0.247 e. The number of amides is 1. The van der Waals surface area contributed by atoms with Gasteiger partial charge in [0.1, 0.15) is 17.5 Å². The summed E-state index contributed by atoms with van der Waals surface area (Å²) < 4.78 is 0.757. The Kier molecular flexibility index (Phi) is 6.47. The van der Waals surface area contributed by atoms with E-state index in [0.29, 0.717) is 22.9 Å². The molecule has 0 radical (unpaired) electrons. The van der Waals surface area contributed by atoms with Crippen molar-refractivity contribution in [1.29, 1.82) is 0 Å². The maximum absolute atomic E-state index is 13.2. The van der Waals surface area contributed by atoms with E-state index in [1.54, 1.807) is 30.3 Å². The Labute approximate surface area is 193 Å². The summed E-state index contributed by atoms with van der Waals surface area (Å²) in [6.07, 6.45) is 0.368. The smallest absolute Gasteiger partial charge is 0.247 e. The fourth-order valence-electron chi connectivity index (χ4n) is 3.56. The molecule has 0 fully saturated rings. The molecule has 4 aromatic carbocycles.